The number of aromatic hydroxyl groups is 2. The molecule has 0 heterocycles. The van der Waals surface area contributed by atoms with Gasteiger partial charge in [0, 0.05) is 0 Å². The van der Waals surface area contributed by atoms with E-state index in [2.05, 4.69) is 0 Å². The fraction of sp³-hybridized carbons (Fsp3) is 0. The Kier molecular flexibility index (Phi) is 2.39. The van der Waals surface area contributed by atoms with Crippen molar-refractivity contribution in [2.75, 3.05) is 11.5 Å². The summed E-state index contributed by atoms with van der Waals surface area (Å²) in [7, 11) is 0. The van der Waals surface area contributed by atoms with E-state index in [0.29, 0.717) is 0 Å². The first-order valence-electron chi connectivity index (χ1n) is 4.53. The number of halogens is 4. The van der Waals surface area contributed by atoms with E-state index in [1.54, 1.807) is 0 Å². The van der Waals surface area contributed by atoms with E-state index in [0.717, 1.165) is 0 Å². The van der Waals surface area contributed by atoms with Crippen molar-refractivity contribution in [1.82, 2.24) is 0 Å². The highest BCUT2D eigenvalue weighted by Gasteiger charge is 2.27. The van der Waals surface area contributed by atoms with Crippen molar-refractivity contribution in [2.24, 2.45) is 0 Å². The lowest BCUT2D eigenvalue weighted by atomic mass is 10.0. The molecule has 96 valence electrons. The van der Waals surface area contributed by atoms with Gasteiger partial charge in [0.05, 0.1) is 10.8 Å². The molecule has 0 aliphatic carbocycles. The van der Waals surface area contributed by atoms with Gasteiger partial charge in [-0.15, -0.1) is 0 Å². The summed E-state index contributed by atoms with van der Waals surface area (Å²) in [6, 6.07) is 0. The largest absolute Gasteiger partial charge is 0.505 e. The summed E-state index contributed by atoms with van der Waals surface area (Å²) in [4.78, 5) is 0. The molecule has 2 aromatic carbocycles. The molecule has 6 N–H and O–H groups in total. The molecule has 0 saturated carbocycles. The highest BCUT2D eigenvalue weighted by atomic mass is 19.2. The maximum atomic E-state index is 13.6. The van der Waals surface area contributed by atoms with Crippen LogP contribution in [0.4, 0.5) is 28.9 Å². The van der Waals surface area contributed by atoms with Crippen molar-refractivity contribution < 1.29 is 27.8 Å². The smallest absolute Gasteiger partial charge is 0.186 e. The number of nitrogen functional groups attached to an aromatic ring is 2. The Hall–Kier alpha value is -2.38. The van der Waals surface area contributed by atoms with Gasteiger partial charge in [-0.25, -0.2) is 17.6 Å². The lowest BCUT2D eigenvalue weighted by molar-refractivity contribution is 0.429. The predicted octanol–water partition coefficient (Wildman–Crippen LogP) is 1.97. The second kappa shape index (κ2) is 3.56. The Balaban J connectivity index is 3.22. The summed E-state index contributed by atoms with van der Waals surface area (Å²) >= 11 is 0. The molecular formula is C10H6F4N2O2. The van der Waals surface area contributed by atoms with Crippen molar-refractivity contribution in [3.63, 3.8) is 0 Å². The van der Waals surface area contributed by atoms with Crippen LogP contribution in [0.15, 0.2) is 0 Å². The van der Waals surface area contributed by atoms with Gasteiger partial charge in [-0.3, -0.25) is 0 Å². The van der Waals surface area contributed by atoms with Crippen LogP contribution in [0, 0.1) is 23.3 Å². The van der Waals surface area contributed by atoms with E-state index < -0.39 is 56.9 Å². The highest BCUT2D eigenvalue weighted by molar-refractivity contribution is 5.98. The van der Waals surface area contributed by atoms with Crippen molar-refractivity contribution in [3.05, 3.63) is 23.3 Å². The highest BCUT2D eigenvalue weighted by Crippen LogP contribution is 2.43. The molecule has 0 radical (unpaired) electrons. The number of anilines is 2. The quantitative estimate of drug-likeness (QED) is 0.332. The Morgan fingerprint density at radius 1 is 0.611 bits per heavy atom. The molecule has 0 aliphatic rings. The van der Waals surface area contributed by atoms with Gasteiger partial charge in [0.15, 0.2) is 34.8 Å². The topological polar surface area (TPSA) is 92.5 Å². The van der Waals surface area contributed by atoms with E-state index in [1.165, 1.54) is 0 Å². The van der Waals surface area contributed by atoms with Gasteiger partial charge in [0.1, 0.15) is 11.4 Å². The molecule has 2 aromatic rings. The first-order valence-corrected chi connectivity index (χ1v) is 4.53. The number of fused-ring (bicyclic) bond motifs is 1. The van der Waals surface area contributed by atoms with E-state index in [1.807, 2.05) is 0 Å². The zero-order valence-electron chi connectivity index (χ0n) is 8.56. The SMILES string of the molecule is Nc1c(F)c(F)c2c(F)c(O)c(N)c(F)c2c1O. The van der Waals surface area contributed by atoms with Crippen LogP contribution < -0.4 is 11.5 Å². The van der Waals surface area contributed by atoms with Gasteiger partial charge in [0.25, 0.3) is 0 Å². The van der Waals surface area contributed by atoms with E-state index in [-0.39, 0.29) is 0 Å². The monoisotopic (exact) mass is 262 g/mol. The Morgan fingerprint density at radius 3 is 1.67 bits per heavy atom. The number of nitrogens with two attached hydrogens (primary N) is 2. The average Bonchev–Trinajstić information content (AvgIpc) is 2.35. The van der Waals surface area contributed by atoms with Crippen molar-refractivity contribution in [3.8, 4) is 11.5 Å². The first kappa shape index (κ1) is 12.1. The summed E-state index contributed by atoms with van der Waals surface area (Å²) in [5, 5.41) is 16.2. The molecule has 18 heavy (non-hydrogen) atoms. The molecule has 0 amide bonds. The summed E-state index contributed by atoms with van der Waals surface area (Å²) in [6.45, 7) is 0. The molecule has 0 saturated heterocycles. The Labute approximate surface area is 97.0 Å². The van der Waals surface area contributed by atoms with Gasteiger partial charge in [-0.05, 0) is 0 Å². The molecule has 0 aliphatic heterocycles. The normalized spacial score (nSPS) is 11.1. The molecule has 0 unspecified atom stereocenters. The van der Waals surface area contributed by atoms with E-state index in [9.17, 15) is 22.7 Å². The lowest BCUT2D eigenvalue weighted by Crippen LogP contribution is -2.03. The van der Waals surface area contributed by atoms with Crippen LogP contribution in [0.3, 0.4) is 0 Å². The van der Waals surface area contributed by atoms with Crippen molar-refractivity contribution in [2.45, 2.75) is 0 Å². The number of phenols is 2. The molecular weight excluding hydrogens is 256 g/mol. The third-order valence-electron chi connectivity index (χ3n) is 2.53. The minimum atomic E-state index is -1.83. The molecule has 0 bridgehead atoms. The first-order chi connectivity index (χ1) is 8.29. The number of rotatable bonds is 0. The molecule has 2 rings (SSSR count). The van der Waals surface area contributed by atoms with E-state index >= 15 is 0 Å². The van der Waals surface area contributed by atoms with Crippen molar-refractivity contribution >= 4 is 22.1 Å². The number of benzene rings is 2. The maximum absolute atomic E-state index is 13.6. The summed E-state index contributed by atoms with van der Waals surface area (Å²) in [6.07, 6.45) is 0. The summed E-state index contributed by atoms with van der Waals surface area (Å²) < 4.78 is 53.8. The Bertz CT molecular complexity index is 575. The zero-order valence-corrected chi connectivity index (χ0v) is 8.56. The number of hydrogen-bond acceptors (Lipinski definition) is 4. The van der Waals surface area contributed by atoms with Gasteiger partial charge in [-0.1, -0.05) is 0 Å². The fourth-order valence-electron chi connectivity index (χ4n) is 1.59. The van der Waals surface area contributed by atoms with Crippen LogP contribution >= 0.6 is 0 Å². The number of hydrogen-bond donors (Lipinski definition) is 4. The molecule has 0 spiro atoms. The van der Waals surface area contributed by atoms with E-state index in [4.69, 9.17) is 16.6 Å². The molecule has 0 fully saturated rings. The van der Waals surface area contributed by atoms with Crippen LogP contribution in [-0.4, -0.2) is 10.2 Å². The average molecular weight is 262 g/mol. The molecule has 4 nitrogen and oxygen atoms in total. The van der Waals surface area contributed by atoms with Crippen LogP contribution in [0.5, 0.6) is 11.5 Å². The molecule has 0 atom stereocenters. The third kappa shape index (κ3) is 1.25. The van der Waals surface area contributed by atoms with Crippen LogP contribution in [0.2, 0.25) is 0 Å². The van der Waals surface area contributed by atoms with Crippen LogP contribution in [0.25, 0.3) is 10.8 Å². The van der Waals surface area contributed by atoms with Gasteiger partial charge >= 0.3 is 0 Å². The van der Waals surface area contributed by atoms with Gasteiger partial charge in [-0.2, -0.15) is 0 Å². The third-order valence-corrected chi connectivity index (χ3v) is 2.53. The zero-order chi connectivity index (χ0) is 13.8. The van der Waals surface area contributed by atoms with Gasteiger partial charge in [0.2, 0.25) is 0 Å². The number of phenolic OH excluding ortho intramolecular Hbond substituents is 2. The van der Waals surface area contributed by atoms with Crippen LogP contribution in [-0.2, 0) is 0 Å². The van der Waals surface area contributed by atoms with Gasteiger partial charge < -0.3 is 21.7 Å². The lowest BCUT2D eigenvalue weighted by Gasteiger charge is -2.12. The molecule has 0 aromatic heterocycles. The second-order valence-electron chi connectivity index (χ2n) is 3.53. The van der Waals surface area contributed by atoms with Crippen LogP contribution in [0.1, 0.15) is 0 Å². The minimum Gasteiger partial charge on any atom is -0.505 e. The minimum absolute atomic E-state index is 1.03. The maximum Gasteiger partial charge on any atom is 0.186 e. The fourth-order valence-corrected chi connectivity index (χ4v) is 1.59. The second-order valence-corrected chi connectivity index (χ2v) is 3.53. The summed E-state index contributed by atoms with van der Waals surface area (Å²) in [5.74, 6) is -9.31. The Morgan fingerprint density at radius 2 is 1.11 bits per heavy atom. The summed E-state index contributed by atoms with van der Waals surface area (Å²) in [5.41, 5.74) is 7.90. The predicted molar refractivity (Wildman–Crippen MR) is 55.9 cm³/mol. The standard InChI is InChI=1S/C10H6F4N2O2/c11-3-1-2(9(17)8(16)6(3)14)4(12)7(15)10(18)5(1)13/h17-18H,15-16H2. The molecule has 8 heteroatoms. The van der Waals surface area contributed by atoms with Crippen molar-refractivity contribution in [1.29, 1.82) is 0 Å².